The molecule has 152 valence electrons. The van der Waals surface area contributed by atoms with Gasteiger partial charge in [0.15, 0.2) is 5.82 Å². The van der Waals surface area contributed by atoms with Crippen molar-refractivity contribution in [1.82, 2.24) is 25.1 Å². The van der Waals surface area contributed by atoms with E-state index in [0.29, 0.717) is 12.5 Å². The van der Waals surface area contributed by atoms with E-state index in [-0.39, 0.29) is 17.9 Å². The Hall–Kier alpha value is -3.00. The second kappa shape index (κ2) is 8.57. The fraction of sp³-hybridized carbons (Fsp3) is 0.429. The summed E-state index contributed by atoms with van der Waals surface area (Å²) in [6, 6.07) is 10.1. The number of amides is 1. The Kier molecular flexibility index (Phi) is 5.71. The summed E-state index contributed by atoms with van der Waals surface area (Å²) < 4.78 is 1.81. The van der Waals surface area contributed by atoms with Gasteiger partial charge in [0.1, 0.15) is 0 Å². The molecule has 0 spiro atoms. The quantitative estimate of drug-likeness (QED) is 0.592. The number of nitrogens with zero attached hydrogens (tertiary/aromatic N) is 4. The Morgan fingerprint density at radius 3 is 2.83 bits per heavy atom. The number of carbonyl (C=O) groups is 1. The molecule has 2 aromatic heterocycles. The molecule has 3 aromatic rings. The highest BCUT2D eigenvalue weighted by atomic mass is 16.3. The highest BCUT2D eigenvalue weighted by molar-refractivity contribution is 5.80. The molecule has 0 saturated heterocycles. The molecular formula is C21H26N6O2. The molecule has 1 aliphatic carbocycles. The summed E-state index contributed by atoms with van der Waals surface area (Å²) in [7, 11) is 0. The number of aliphatic hydroxyl groups is 1. The lowest BCUT2D eigenvalue weighted by molar-refractivity contribution is -0.126. The van der Waals surface area contributed by atoms with Crippen molar-refractivity contribution in [3.8, 4) is 5.82 Å². The van der Waals surface area contributed by atoms with Crippen LogP contribution in [0.1, 0.15) is 32.6 Å². The maximum atomic E-state index is 12.2. The van der Waals surface area contributed by atoms with Gasteiger partial charge < -0.3 is 15.7 Å². The van der Waals surface area contributed by atoms with Crippen LogP contribution < -0.4 is 10.6 Å². The molecule has 0 bridgehead atoms. The number of nitrogens with one attached hydrogen (secondary N) is 2. The van der Waals surface area contributed by atoms with Crippen molar-refractivity contribution in [2.45, 2.75) is 44.8 Å². The average molecular weight is 394 g/mol. The van der Waals surface area contributed by atoms with Crippen LogP contribution in [-0.4, -0.2) is 49.5 Å². The maximum absolute atomic E-state index is 12.2. The third-order valence-electron chi connectivity index (χ3n) is 5.34. The van der Waals surface area contributed by atoms with Crippen LogP contribution in [0.25, 0.3) is 16.7 Å². The van der Waals surface area contributed by atoms with Gasteiger partial charge >= 0.3 is 0 Å². The van der Waals surface area contributed by atoms with E-state index in [1.54, 1.807) is 13.1 Å². The fourth-order valence-corrected chi connectivity index (χ4v) is 3.77. The van der Waals surface area contributed by atoms with E-state index < -0.39 is 6.10 Å². The molecule has 1 unspecified atom stereocenters. The van der Waals surface area contributed by atoms with Gasteiger partial charge in [-0.05, 0) is 38.7 Å². The van der Waals surface area contributed by atoms with Gasteiger partial charge in [0.2, 0.25) is 11.9 Å². The number of aliphatic hydroxyl groups excluding tert-OH is 1. The zero-order valence-corrected chi connectivity index (χ0v) is 16.5. The van der Waals surface area contributed by atoms with E-state index in [2.05, 4.69) is 25.7 Å². The fourth-order valence-electron chi connectivity index (χ4n) is 3.77. The monoisotopic (exact) mass is 394 g/mol. The molecule has 3 N–H and O–H groups in total. The van der Waals surface area contributed by atoms with Gasteiger partial charge in [-0.15, -0.1) is 0 Å². The van der Waals surface area contributed by atoms with Crippen LogP contribution >= 0.6 is 0 Å². The zero-order valence-electron chi connectivity index (χ0n) is 16.5. The Morgan fingerprint density at radius 1 is 1.24 bits per heavy atom. The SMILES string of the molecule is CC(O)CNC(=O)C1CCC(Nc2nccc(-n3ncc4ccccc43)n2)CC1. The van der Waals surface area contributed by atoms with Gasteiger partial charge in [-0.2, -0.15) is 10.1 Å². The number of carbonyl (C=O) groups excluding carboxylic acids is 1. The maximum Gasteiger partial charge on any atom is 0.224 e. The minimum Gasteiger partial charge on any atom is -0.392 e. The van der Waals surface area contributed by atoms with Crippen molar-refractivity contribution in [3.63, 3.8) is 0 Å². The van der Waals surface area contributed by atoms with E-state index >= 15 is 0 Å². The summed E-state index contributed by atoms with van der Waals surface area (Å²) in [6.45, 7) is 1.97. The number of hydrogen-bond acceptors (Lipinski definition) is 6. The number of rotatable bonds is 6. The molecule has 1 amide bonds. The van der Waals surface area contributed by atoms with Gasteiger partial charge in [0.05, 0.1) is 17.8 Å². The number of fused-ring (bicyclic) bond motifs is 1. The average Bonchev–Trinajstić information content (AvgIpc) is 3.17. The molecular weight excluding hydrogens is 368 g/mol. The predicted molar refractivity (Wildman–Crippen MR) is 111 cm³/mol. The normalized spacial score (nSPS) is 20.3. The van der Waals surface area contributed by atoms with Crippen LogP contribution in [-0.2, 0) is 4.79 Å². The largest absolute Gasteiger partial charge is 0.392 e. The van der Waals surface area contributed by atoms with E-state index in [9.17, 15) is 9.90 Å². The zero-order chi connectivity index (χ0) is 20.2. The molecule has 8 heteroatoms. The Bertz CT molecular complexity index is 978. The van der Waals surface area contributed by atoms with Gasteiger partial charge in [0.25, 0.3) is 0 Å². The summed E-state index contributed by atoms with van der Waals surface area (Å²) in [4.78, 5) is 21.2. The van der Waals surface area contributed by atoms with Gasteiger partial charge in [-0.25, -0.2) is 9.67 Å². The smallest absolute Gasteiger partial charge is 0.224 e. The number of hydrogen-bond donors (Lipinski definition) is 3. The number of benzene rings is 1. The molecule has 0 radical (unpaired) electrons. The lowest BCUT2D eigenvalue weighted by atomic mass is 9.85. The van der Waals surface area contributed by atoms with Crippen molar-refractivity contribution in [3.05, 3.63) is 42.7 Å². The third-order valence-corrected chi connectivity index (χ3v) is 5.34. The van der Waals surface area contributed by atoms with Crippen LogP contribution in [0, 0.1) is 5.92 Å². The minimum atomic E-state index is -0.520. The summed E-state index contributed by atoms with van der Waals surface area (Å²) in [5, 5.41) is 21.0. The molecule has 0 aliphatic heterocycles. The first-order valence-electron chi connectivity index (χ1n) is 10.1. The van der Waals surface area contributed by atoms with Crippen LogP contribution in [0.15, 0.2) is 42.7 Å². The molecule has 1 aromatic carbocycles. The van der Waals surface area contributed by atoms with Crippen molar-refractivity contribution >= 4 is 22.8 Å². The molecule has 8 nitrogen and oxygen atoms in total. The van der Waals surface area contributed by atoms with Crippen molar-refractivity contribution < 1.29 is 9.90 Å². The predicted octanol–water partition coefficient (Wildman–Crippen LogP) is 2.28. The first-order valence-corrected chi connectivity index (χ1v) is 10.1. The molecule has 4 rings (SSSR count). The number of para-hydroxylation sites is 1. The van der Waals surface area contributed by atoms with Crippen LogP contribution in [0.5, 0.6) is 0 Å². The number of anilines is 1. The highest BCUT2D eigenvalue weighted by Crippen LogP contribution is 2.26. The standard InChI is InChI=1S/C21H26N6O2/c1-14(28)12-23-20(29)15-6-8-17(9-7-15)25-21-22-11-10-19(26-21)27-18-5-3-2-4-16(18)13-24-27/h2-5,10-11,13-15,17,28H,6-9,12H2,1H3,(H,23,29)(H,22,25,26). The molecule has 1 fully saturated rings. The Balaban J connectivity index is 1.38. The lowest BCUT2D eigenvalue weighted by Crippen LogP contribution is -2.38. The van der Waals surface area contributed by atoms with E-state index in [1.165, 1.54) is 0 Å². The molecule has 1 saturated carbocycles. The minimum absolute atomic E-state index is 0.00879. The van der Waals surface area contributed by atoms with Gasteiger partial charge in [-0.1, -0.05) is 18.2 Å². The van der Waals surface area contributed by atoms with Crippen LogP contribution in [0.2, 0.25) is 0 Å². The molecule has 29 heavy (non-hydrogen) atoms. The van der Waals surface area contributed by atoms with Gasteiger partial charge in [0, 0.05) is 36.2 Å². The summed E-state index contributed by atoms with van der Waals surface area (Å²) in [5.74, 6) is 1.33. The molecule has 1 aliphatic rings. The summed E-state index contributed by atoms with van der Waals surface area (Å²) in [5.41, 5.74) is 1.00. The first-order chi connectivity index (χ1) is 14.1. The van der Waals surface area contributed by atoms with Crippen molar-refractivity contribution in [2.24, 2.45) is 5.92 Å². The van der Waals surface area contributed by atoms with Crippen molar-refractivity contribution in [1.29, 1.82) is 0 Å². The topological polar surface area (TPSA) is 105 Å². The first kappa shape index (κ1) is 19.3. The third kappa shape index (κ3) is 4.54. The van der Waals surface area contributed by atoms with Gasteiger partial charge in [-0.3, -0.25) is 4.79 Å². The van der Waals surface area contributed by atoms with E-state index in [0.717, 1.165) is 42.4 Å². The van der Waals surface area contributed by atoms with E-state index in [4.69, 9.17) is 0 Å². The lowest BCUT2D eigenvalue weighted by Gasteiger charge is -2.28. The Morgan fingerprint density at radius 2 is 2.03 bits per heavy atom. The summed E-state index contributed by atoms with van der Waals surface area (Å²) in [6.07, 6.45) is 6.42. The second-order valence-electron chi connectivity index (χ2n) is 7.64. The highest BCUT2D eigenvalue weighted by Gasteiger charge is 2.26. The summed E-state index contributed by atoms with van der Waals surface area (Å²) >= 11 is 0. The van der Waals surface area contributed by atoms with Crippen molar-refractivity contribution in [2.75, 3.05) is 11.9 Å². The second-order valence-corrected chi connectivity index (χ2v) is 7.64. The van der Waals surface area contributed by atoms with Crippen LogP contribution in [0.3, 0.4) is 0 Å². The Labute approximate surface area is 169 Å². The molecule has 2 heterocycles. The van der Waals surface area contributed by atoms with E-state index in [1.807, 2.05) is 41.2 Å². The molecule has 1 atom stereocenters. The van der Waals surface area contributed by atoms with Crippen LogP contribution in [0.4, 0.5) is 5.95 Å². The number of aromatic nitrogens is 4.